The van der Waals surface area contributed by atoms with Gasteiger partial charge in [0.05, 0.1) is 51.9 Å². The number of nitrogen functional groups attached to an aromatic ring is 1. The van der Waals surface area contributed by atoms with E-state index < -0.39 is 18.1 Å². The van der Waals surface area contributed by atoms with Crippen LogP contribution < -0.4 is 16.0 Å². The number of nitrogens with one attached hydrogen (secondary N) is 1. The third kappa shape index (κ3) is 9.33. The minimum absolute atomic E-state index is 0.0494. The number of likely N-dealkylation sites (tertiary alicyclic amines) is 1. The molecule has 0 saturated carbocycles. The number of nitrogens with two attached hydrogens (primary N) is 1. The van der Waals surface area contributed by atoms with Crippen LogP contribution >= 0.6 is 11.3 Å². The van der Waals surface area contributed by atoms with E-state index in [9.17, 15) is 19.8 Å². The number of aliphatic hydroxyl groups excluding tert-OH is 1. The van der Waals surface area contributed by atoms with Crippen molar-refractivity contribution >= 4 is 34.7 Å². The predicted molar refractivity (Wildman–Crippen MR) is 237 cm³/mol. The Hall–Kier alpha value is -5.42. The lowest BCUT2D eigenvalue weighted by Crippen LogP contribution is -2.54. The van der Waals surface area contributed by atoms with Gasteiger partial charge >= 0.3 is 0 Å². The number of carbonyl (C=O) groups is 2. The van der Waals surface area contributed by atoms with Gasteiger partial charge in [0.25, 0.3) is 0 Å². The van der Waals surface area contributed by atoms with Crippen LogP contribution in [0.15, 0.2) is 70.7 Å². The maximum atomic E-state index is 14.5. The van der Waals surface area contributed by atoms with Crippen molar-refractivity contribution in [1.29, 1.82) is 0 Å². The fraction of sp³-hybridized carbons (Fsp3) is 0.478. The molecule has 7 atom stereocenters. The number of nitrogens with zero attached hydrogens (tertiary/aromatic N) is 7. The first-order valence-electron chi connectivity index (χ1n) is 21.7. The second kappa shape index (κ2) is 18.9. The van der Waals surface area contributed by atoms with Gasteiger partial charge in [-0.05, 0) is 88.2 Å². The van der Waals surface area contributed by atoms with Crippen molar-refractivity contribution < 1.29 is 29.1 Å². The van der Waals surface area contributed by atoms with Crippen LogP contribution in [0.25, 0.3) is 21.7 Å². The highest BCUT2D eigenvalue weighted by Crippen LogP contribution is 2.37. The first kappa shape index (κ1) is 43.2. The van der Waals surface area contributed by atoms with Gasteiger partial charge < -0.3 is 40.3 Å². The summed E-state index contributed by atoms with van der Waals surface area (Å²) in [6, 6.07) is 18.5. The number of hydrogen-bond acceptors (Lipinski definition) is 14. The molecule has 2 amide bonds. The Morgan fingerprint density at radius 1 is 1.02 bits per heavy atom. The average molecular weight is 864 g/mol. The number of carbonyl (C=O) groups excluding carboxylic acids is 2. The molecule has 0 spiro atoms. The molecule has 2 bridgehead atoms. The third-order valence-corrected chi connectivity index (χ3v) is 13.7. The SMILES string of the molecule is Cc1cc([C@H](C(=O)N2C[C@H](O)C[C@H]2C(=O)N[C@@H](C)c2ccc(-c3scnc3C)cc2)[C@H](C)COCCCCN2C3CCC2CN(c2cc(-c4ccccc4O)nnc2N)C3)on1. The fourth-order valence-corrected chi connectivity index (χ4v) is 10.2. The number of unbranched alkanes of at least 4 members (excludes halogenated alkanes) is 1. The minimum atomic E-state index is -0.837. The molecule has 3 aliphatic heterocycles. The van der Waals surface area contributed by atoms with Crippen LogP contribution in [-0.2, 0) is 14.3 Å². The van der Waals surface area contributed by atoms with E-state index >= 15 is 0 Å². The van der Waals surface area contributed by atoms with Crippen LogP contribution in [-0.4, -0.2) is 116 Å². The minimum Gasteiger partial charge on any atom is -0.507 e. The fourth-order valence-electron chi connectivity index (χ4n) is 9.44. The number of aryl methyl sites for hydroxylation is 2. The molecule has 62 heavy (non-hydrogen) atoms. The number of piperazine rings is 1. The lowest BCUT2D eigenvalue weighted by Gasteiger charge is -2.42. The Morgan fingerprint density at radius 3 is 2.47 bits per heavy atom. The quantitative estimate of drug-likeness (QED) is 0.0862. The molecule has 3 aromatic heterocycles. The van der Waals surface area contributed by atoms with Gasteiger partial charge in [0.2, 0.25) is 11.8 Å². The number of benzene rings is 2. The van der Waals surface area contributed by atoms with Crippen molar-refractivity contribution in [2.45, 2.75) is 96.0 Å². The van der Waals surface area contributed by atoms with Gasteiger partial charge in [-0.2, -0.15) is 0 Å². The molecule has 8 rings (SSSR count). The average Bonchev–Trinajstić information content (AvgIpc) is 4.05. The molecule has 2 aromatic carbocycles. The van der Waals surface area contributed by atoms with E-state index in [2.05, 4.69) is 35.5 Å². The second-order valence-electron chi connectivity index (χ2n) is 17.2. The van der Waals surface area contributed by atoms with E-state index in [-0.39, 0.29) is 42.5 Å². The first-order valence-corrected chi connectivity index (χ1v) is 22.6. The zero-order valence-electron chi connectivity index (χ0n) is 35.8. The number of anilines is 2. The van der Waals surface area contributed by atoms with Gasteiger partial charge in [-0.15, -0.1) is 21.5 Å². The molecule has 3 saturated heterocycles. The second-order valence-corrected chi connectivity index (χ2v) is 18.0. The number of thiazole rings is 1. The first-order chi connectivity index (χ1) is 29.9. The summed E-state index contributed by atoms with van der Waals surface area (Å²) in [4.78, 5) is 40.2. The van der Waals surface area contributed by atoms with Gasteiger partial charge in [-0.3, -0.25) is 14.5 Å². The summed E-state index contributed by atoms with van der Waals surface area (Å²) in [6.45, 7) is 11.2. The van der Waals surface area contributed by atoms with Crippen LogP contribution in [0, 0.1) is 19.8 Å². The third-order valence-electron chi connectivity index (χ3n) is 12.7. The molecule has 2 unspecified atom stereocenters. The Balaban J connectivity index is 0.832. The van der Waals surface area contributed by atoms with E-state index in [0.717, 1.165) is 72.7 Å². The number of fused-ring (bicyclic) bond motifs is 2. The molecule has 16 heteroatoms. The molecule has 0 radical (unpaired) electrons. The number of para-hydroxylation sites is 1. The smallest absolute Gasteiger partial charge is 0.243 e. The summed E-state index contributed by atoms with van der Waals surface area (Å²) in [7, 11) is 0. The maximum absolute atomic E-state index is 14.5. The molecular formula is C46H57N9O6S. The maximum Gasteiger partial charge on any atom is 0.243 e. The van der Waals surface area contributed by atoms with Gasteiger partial charge in [0, 0.05) is 56.4 Å². The van der Waals surface area contributed by atoms with E-state index in [1.165, 1.54) is 4.90 Å². The van der Waals surface area contributed by atoms with Gasteiger partial charge in [-0.25, -0.2) is 4.98 Å². The van der Waals surface area contributed by atoms with Crippen LogP contribution in [0.3, 0.4) is 0 Å². The standard InChI is InChI=1S/C46H57N9O6S/c1-27(25-60-18-8-7-17-54-33-15-16-34(54)23-53(22-33)38-21-37(50-51-44(38)47)36-9-5-6-10-40(36)57)42(41-19-28(2)52-61-41)46(59)55-24-35(56)20-39(55)45(58)49-29(3)31-11-13-32(14-12-31)43-30(4)48-26-62-43/h5-6,9-14,19,21,26-27,29,33-35,39,42,56-57H,7-8,15-18,20,22-25H2,1-4H3,(H2,47,51)(H,49,58)/t27-,29+,33?,34?,35-,39+,42-/m1/s1. The zero-order valence-corrected chi connectivity index (χ0v) is 36.6. The van der Waals surface area contributed by atoms with Gasteiger partial charge in [0.15, 0.2) is 5.82 Å². The van der Waals surface area contributed by atoms with Crippen molar-refractivity contribution in [2.24, 2.45) is 5.92 Å². The Morgan fingerprint density at radius 2 is 1.77 bits per heavy atom. The summed E-state index contributed by atoms with van der Waals surface area (Å²) in [6.07, 6.45) is 3.39. The molecule has 3 fully saturated rings. The molecule has 328 valence electrons. The summed E-state index contributed by atoms with van der Waals surface area (Å²) >= 11 is 1.59. The Kier molecular flexibility index (Phi) is 13.2. The number of aromatic nitrogens is 4. The largest absolute Gasteiger partial charge is 0.507 e. The summed E-state index contributed by atoms with van der Waals surface area (Å²) in [5.41, 5.74) is 13.9. The highest BCUT2D eigenvalue weighted by Gasteiger charge is 2.44. The number of ether oxygens (including phenoxy) is 1. The van der Waals surface area contributed by atoms with E-state index in [1.807, 2.05) is 75.7 Å². The summed E-state index contributed by atoms with van der Waals surface area (Å²) in [5.74, 6) is -0.678. The molecule has 5 N–H and O–H groups in total. The van der Waals surface area contributed by atoms with Crippen molar-refractivity contribution in [1.82, 2.24) is 35.5 Å². The number of amides is 2. The van der Waals surface area contributed by atoms with Gasteiger partial charge in [0.1, 0.15) is 23.5 Å². The van der Waals surface area contributed by atoms with E-state index in [1.54, 1.807) is 29.5 Å². The van der Waals surface area contributed by atoms with Crippen LogP contribution in [0.2, 0.25) is 0 Å². The molecule has 15 nitrogen and oxygen atoms in total. The summed E-state index contributed by atoms with van der Waals surface area (Å²) in [5, 5.41) is 36.9. The molecule has 5 aromatic rings. The molecule has 6 heterocycles. The van der Waals surface area contributed by atoms with E-state index in [4.69, 9.17) is 15.0 Å². The van der Waals surface area contributed by atoms with E-state index in [0.29, 0.717) is 53.8 Å². The van der Waals surface area contributed by atoms with Crippen molar-refractivity contribution in [2.75, 3.05) is 50.0 Å². The Bertz CT molecular complexity index is 2320. The van der Waals surface area contributed by atoms with Crippen LogP contribution in [0.4, 0.5) is 11.5 Å². The topological polar surface area (TPSA) is 196 Å². The monoisotopic (exact) mass is 863 g/mol. The molecule has 0 aliphatic carbocycles. The number of phenolic OH excluding ortho intramolecular Hbond substituents is 1. The number of rotatable bonds is 16. The van der Waals surface area contributed by atoms with Gasteiger partial charge in [-0.1, -0.05) is 48.5 Å². The van der Waals surface area contributed by atoms with Crippen molar-refractivity contribution in [3.05, 3.63) is 88.9 Å². The van der Waals surface area contributed by atoms with Crippen molar-refractivity contribution in [3.8, 4) is 27.4 Å². The summed E-state index contributed by atoms with van der Waals surface area (Å²) < 4.78 is 11.9. The number of hydrogen-bond donors (Lipinski definition) is 4. The number of β-amino-alcohol motifs (C(OH)–C–C–N with tert-alkyl or cyclic N) is 1. The predicted octanol–water partition coefficient (Wildman–Crippen LogP) is 5.87. The molecular weight excluding hydrogens is 807 g/mol. The highest BCUT2D eigenvalue weighted by atomic mass is 32.1. The number of aliphatic hydroxyl groups is 1. The Labute approximate surface area is 366 Å². The number of phenols is 1. The van der Waals surface area contributed by atoms with Crippen LogP contribution in [0.1, 0.15) is 80.6 Å². The highest BCUT2D eigenvalue weighted by molar-refractivity contribution is 7.13. The van der Waals surface area contributed by atoms with Crippen LogP contribution in [0.5, 0.6) is 5.75 Å². The zero-order chi connectivity index (χ0) is 43.5. The molecule has 3 aliphatic rings. The lowest BCUT2D eigenvalue weighted by atomic mass is 9.90. The number of aromatic hydroxyl groups is 1. The van der Waals surface area contributed by atoms with Crippen molar-refractivity contribution in [3.63, 3.8) is 0 Å². The normalized spacial score (nSPS) is 21.6. The lowest BCUT2D eigenvalue weighted by molar-refractivity contribution is -0.141.